The van der Waals surface area contributed by atoms with Gasteiger partial charge in [-0.1, -0.05) is 78.4 Å². The van der Waals surface area contributed by atoms with Gasteiger partial charge in [-0.15, -0.1) is 0 Å². The van der Waals surface area contributed by atoms with Crippen LogP contribution in [0.1, 0.15) is 24.0 Å². The Kier molecular flexibility index (Phi) is 4.35. The summed E-state index contributed by atoms with van der Waals surface area (Å²) in [5, 5.41) is 0. The Morgan fingerprint density at radius 3 is 2.08 bits per heavy atom. The maximum absolute atomic E-state index is 2.34. The Labute approximate surface area is 150 Å². The molecule has 122 valence electrons. The molecule has 0 aliphatic heterocycles. The Balaban J connectivity index is 1.89. The molecule has 25 heavy (non-hydrogen) atoms. The number of benzene rings is 3. The third kappa shape index (κ3) is 3.49. The molecule has 1 aliphatic rings. The van der Waals surface area contributed by atoms with E-state index in [2.05, 4.69) is 97.9 Å². The zero-order valence-corrected chi connectivity index (χ0v) is 14.6. The van der Waals surface area contributed by atoms with Gasteiger partial charge in [0.2, 0.25) is 0 Å². The van der Waals surface area contributed by atoms with E-state index in [4.69, 9.17) is 0 Å². The van der Waals surface area contributed by atoms with Gasteiger partial charge < -0.3 is 0 Å². The van der Waals surface area contributed by atoms with Crippen LogP contribution in [0.25, 0.3) is 27.8 Å². The van der Waals surface area contributed by atoms with Crippen LogP contribution in [0.3, 0.4) is 0 Å². The molecular formula is C25H22. The molecule has 0 radical (unpaired) electrons. The maximum Gasteiger partial charge on any atom is -0.0172 e. The molecule has 0 fully saturated rings. The average molecular weight is 322 g/mol. The Bertz CT molecular complexity index is 943. The molecule has 4 rings (SSSR count). The topological polar surface area (TPSA) is 0 Å². The average Bonchev–Trinajstić information content (AvgIpc) is 2.69. The standard InChI is InChI=1S/C25H22/c1-19-9-8-14-22(15-19)25-17-23(20-10-4-2-5-11-20)16-24(18-25)21-12-6-3-7-13-21/h2-6,8-12,14-18H,7,13H2,1H3. The molecule has 0 spiro atoms. The van der Waals surface area contributed by atoms with E-state index < -0.39 is 0 Å². The zero-order valence-electron chi connectivity index (χ0n) is 14.6. The summed E-state index contributed by atoms with van der Waals surface area (Å²) in [6.45, 7) is 2.15. The minimum atomic E-state index is 1.11. The summed E-state index contributed by atoms with van der Waals surface area (Å²) >= 11 is 0. The number of hydrogen-bond donors (Lipinski definition) is 0. The molecular weight excluding hydrogens is 300 g/mol. The van der Waals surface area contributed by atoms with Crippen molar-refractivity contribution in [3.05, 3.63) is 102 Å². The predicted molar refractivity (Wildman–Crippen MR) is 108 cm³/mol. The van der Waals surface area contributed by atoms with E-state index in [1.807, 2.05) is 0 Å². The fraction of sp³-hybridized carbons (Fsp3) is 0.120. The number of aryl methyl sites for hydroxylation is 1. The second-order valence-corrected chi connectivity index (χ2v) is 6.69. The van der Waals surface area contributed by atoms with Gasteiger partial charge in [-0.3, -0.25) is 0 Å². The summed E-state index contributed by atoms with van der Waals surface area (Å²) in [4.78, 5) is 0. The normalized spacial score (nSPS) is 13.6. The molecule has 0 amide bonds. The van der Waals surface area contributed by atoms with E-state index in [1.165, 1.54) is 39.0 Å². The zero-order chi connectivity index (χ0) is 17.1. The minimum absolute atomic E-state index is 1.11. The van der Waals surface area contributed by atoms with Gasteiger partial charge in [-0.2, -0.15) is 0 Å². The van der Waals surface area contributed by atoms with Crippen LogP contribution in [0.5, 0.6) is 0 Å². The highest BCUT2D eigenvalue weighted by Crippen LogP contribution is 2.33. The van der Waals surface area contributed by atoms with Crippen molar-refractivity contribution < 1.29 is 0 Å². The molecule has 0 unspecified atom stereocenters. The van der Waals surface area contributed by atoms with Crippen molar-refractivity contribution in [3.63, 3.8) is 0 Å². The van der Waals surface area contributed by atoms with Crippen LogP contribution >= 0.6 is 0 Å². The Hall–Kier alpha value is -2.86. The second kappa shape index (κ2) is 6.94. The fourth-order valence-corrected chi connectivity index (χ4v) is 3.44. The number of hydrogen-bond acceptors (Lipinski definition) is 0. The first kappa shape index (κ1) is 15.7. The van der Waals surface area contributed by atoms with E-state index in [0.717, 1.165) is 12.8 Å². The lowest BCUT2D eigenvalue weighted by Gasteiger charge is -2.14. The van der Waals surface area contributed by atoms with Crippen LogP contribution in [-0.4, -0.2) is 0 Å². The largest absolute Gasteiger partial charge is 0.0842 e. The molecule has 0 nitrogen and oxygen atoms in total. The number of allylic oxidation sites excluding steroid dienone is 4. The maximum atomic E-state index is 2.34. The van der Waals surface area contributed by atoms with Gasteiger partial charge in [-0.05, 0) is 71.4 Å². The van der Waals surface area contributed by atoms with Gasteiger partial charge in [0, 0.05) is 0 Å². The lowest BCUT2D eigenvalue weighted by Crippen LogP contribution is -1.91. The van der Waals surface area contributed by atoms with Crippen molar-refractivity contribution in [2.75, 3.05) is 0 Å². The number of rotatable bonds is 3. The fourth-order valence-electron chi connectivity index (χ4n) is 3.44. The van der Waals surface area contributed by atoms with E-state index >= 15 is 0 Å². The van der Waals surface area contributed by atoms with Crippen LogP contribution in [0.2, 0.25) is 0 Å². The quantitative estimate of drug-likeness (QED) is 0.484. The van der Waals surface area contributed by atoms with Gasteiger partial charge in [0.25, 0.3) is 0 Å². The molecule has 0 saturated heterocycles. The van der Waals surface area contributed by atoms with Crippen LogP contribution in [-0.2, 0) is 0 Å². The summed E-state index contributed by atoms with van der Waals surface area (Å²) in [5.41, 5.74) is 9.18. The van der Waals surface area contributed by atoms with Crippen molar-refractivity contribution >= 4 is 5.57 Å². The molecule has 0 N–H and O–H groups in total. The summed E-state index contributed by atoms with van der Waals surface area (Å²) in [6, 6.07) is 26.4. The highest BCUT2D eigenvalue weighted by molar-refractivity contribution is 5.81. The van der Waals surface area contributed by atoms with Crippen LogP contribution < -0.4 is 0 Å². The van der Waals surface area contributed by atoms with Crippen molar-refractivity contribution in [1.82, 2.24) is 0 Å². The van der Waals surface area contributed by atoms with E-state index in [0.29, 0.717) is 0 Å². The molecule has 3 aromatic rings. The van der Waals surface area contributed by atoms with E-state index in [-0.39, 0.29) is 0 Å². The van der Waals surface area contributed by atoms with Crippen molar-refractivity contribution in [3.8, 4) is 22.3 Å². The second-order valence-electron chi connectivity index (χ2n) is 6.69. The van der Waals surface area contributed by atoms with E-state index in [9.17, 15) is 0 Å². The summed E-state index contributed by atoms with van der Waals surface area (Å²) < 4.78 is 0. The monoisotopic (exact) mass is 322 g/mol. The SMILES string of the molecule is Cc1cccc(-c2cc(C3=CC=CCC3)cc(-c3ccccc3)c2)c1. The predicted octanol–water partition coefficient (Wildman–Crippen LogP) is 7.06. The van der Waals surface area contributed by atoms with Crippen LogP contribution in [0.4, 0.5) is 0 Å². The lowest BCUT2D eigenvalue weighted by molar-refractivity contribution is 1.05. The highest BCUT2D eigenvalue weighted by atomic mass is 14.1. The van der Waals surface area contributed by atoms with Gasteiger partial charge in [0.05, 0.1) is 0 Å². The first-order valence-electron chi connectivity index (χ1n) is 8.93. The molecule has 0 aromatic heterocycles. The molecule has 0 atom stereocenters. The smallest absolute Gasteiger partial charge is 0.0172 e. The highest BCUT2D eigenvalue weighted by Gasteiger charge is 2.09. The van der Waals surface area contributed by atoms with Gasteiger partial charge in [0.1, 0.15) is 0 Å². The first-order valence-corrected chi connectivity index (χ1v) is 8.93. The summed E-state index contributed by atoms with van der Waals surface area (Å²) in [6.07, 6.45) is 8.92. The molecule has 3 aromatic carbocycles. The van der Waals surface area contributed by atoms with Crippen LogP contribution in [0.15, 0.2) is 91.0 Å². The third-order valence-corrected chi connectivity index (χ3v) is 4.78. The lowest BCUT2D eigenvalue weighted by atomic mass is 9.90. The Morgan fingerprint density at radius 1 is 0.640 bits per heavy atom. The van der Waals surface area contributed by atoms with Gasteiger partial charge >= 0.3 is 0 Å². The molecule has 0 bridgehead atoms. The molecule has 1 aliphatic carbocycles. The van der Waals surface area contributed by atoms with Gasteiger partial charge in [0.15, 0.2) is 0 Å². The Morgan fingerprint density at radius 2 is 1.36 bits per heavy atom. The first-order chi connectivity index (χ1) is 12.3. The van der Waals surface area contributed by atoms with Gasteiger partial charge in [-0.25, -0.2) is 0 Å². The van der Waals surface area contributed by atoms with Crippen molar-refractivity contribution in [2.45, 2.75) is 19.8 Å². The molecule has 0 heterocycles. The van der Waals surface area contributed by atoms with Crippen molar-refractivity contribution in [1.29, 1.82) is 0 Å². The minimum Gasteiger partial charge on any atom is -0.0842 e. The summed E-state index contributed by atoms with van der Waals surface area (Å²) in [5.74, 6) is 0. The van der Waals surface area contributed by atoms with Crippen molar-refractivity contribution in [2.24, 2.45) is 0 Å². The molecule has 0 saturated carbocycles. The summed E-state index contributed by atoms with van der Waals surface area (Å²) in [7, 11) is 0. The van der Waals surface area contributed by atoms with E-state index in [1.54, 1.807) is 0 Å². The third-order valence-electron chi connectivity index (χ3n) is 4.78. The van der Waals surface area contributed by atoms with Crippen LogP contribution in [0, 0.1) is 6.92 Å². The molecule has 0 heteroatoms.